The Morgan fingerprint density at radius 1 is 1.10 bits per heavy atom. The summed E-state index contributed by atoms with van der Waals surface area (Å²) in [5.41, 5.74) is 1.39. The molecule has 7 nitrogen and oxygen atoms in total. The molecule has 0 aliphatic carbocycles. The molecule has 1 aromatic heterocycles. The summed E-state index contributed by atoms with van der Waals surface area (Å²) in [7, 11) is 0. The Morgan fingerprint density at radius 3 is 2.48 bits per heavy atom. The first-order valence-electron chi connectivity index (χ1n) is 9.41. The van der Waals surface area contributed by atoms with Crippen molar-refractivity contribution in [2.45, 2.75) is 33.0 Å². The van der Waals surface area contributed by atoms with Gasteiger partial charge in [0.1, 0.15) is 18.5 Å². The number of hydrogen-bond acceptors (Lipinski definition) is 5. The Bertz CT molecular complexity index is 1060. The standard InChI is InChI=1S/C21H23BrN2O5/c1-3-23-18-10-5-14(20(26)28-4-2)11-19(18)24(21(23)27)12-16(25)13-29-17-8-6-15(22)7-9-17/h5-11,16,25H,3-4,12-13H2,1-2H3/t16-/m1/s1. The molecular weight excluding hydrogens is 440 g/mol. The van der Waals surface area contributed by atoms with Crippen molar-refractivity contribution >= 4 is 32.9 Å². The molecule has 0 aliphatic rings. The van der Waals surface area contributed by atoms with E-state index >= 15 is 0 Å². The van der Waals surface area contributed by atoms with Crippen LogP contribution in [-0.2, 0) is 17.8 Å². The minimum absolute atomic E-state index is 0.0322. The summed E-state index contributed by atoms with van der Waals surface area (Å²) < 4.78 is 14.7. The van der Waals surface area contributed by atoms with Crippen molar-refractivity contribution in [1.82, 2.24) is 9.13 Å². The number of nitrogens with zero attached hydrogens (tertiary/aromatic N) is 2. The van der Waals surface area contributed by atoms with Crippen molar-refractivity contribution < 1.29 is 19.4 Å². The molecule has 0 fully saturated rings. The molecule has 0 radical (unpaired) electrons. The maximum atomic E-state index is 12.8. The lowest BCUT2D eigenvalue weighted by Gasteiger charge is -2.13. The summed E-state index contributed by atoms with van der Waals surface area (Å²) in [4.78, 5) is 24.9. The highest BCUT2D eigenvalue weighted by atomic mass is 79.9. The number of aliphatic hydroxyl groups is 1. The zero-order valence-corrected chi connectivity index (χ0v) is 17.9. The molecule has 0 amide bonds. The van der Waals surface area contributed by atoms with Crippen LogP contribution in [0.25, 0.3) is 11.0 Å². The number of carbonyl (C=O) groups is 1. The SMILES string of the molecule is CCOC(=O)c1ccc2c(c1)n(C[C@@H](O)COc1ccc(Br)cc1)c(=O)n2CC. The average molecular weight is 463 g/mol. The molecule has 0 saturated heterocycles. The molecule has 29 heavy (non-hydrogen) atoms. The number of carbonyl (C=O) groups excluding carboxylic acids is 1. The van der Waals surface area contributed by atoms with Crippen LogP contribution >= 0.6 is 15.9 Å². The second-order valence-electron chi connectivity index (χ2n) is 6.48. The predicted octanol–water partition coefficient (Wildman–Crippen LogP) is 3.20. The first-order chi connectivity index (χ1) is 13.9. The third-order valence-corrected chi connectivity index (χ3v) is 5.02. The number of benzene rings is 2. The highest BCUT2D eigenvalue weighted by Gasteiger charge is 2.18. The van der Waals surface area contributed by atoms with E-state index in [9.17, 15) is 14.7 Å². The average Bonchev–Trinajstić information content (AvgIpc) is 2.98. The predicted molar refractivity (Wildman–Crippen MR) is 113 cm³/mol. The van der Waals surface area contributed by atoms with E-state index in [1.54, 1.807) is 41.8 Å². The monoisotopic (exact) mass is 462 g/mol. The zero-order chi connectivity index (χ0) is 21.0. The van der Waals surface area contributed by atoms with Gasteiger partial charge in [0.05, 0.1) is 29.7 Å². The van der Waals surface area contributed by atoms with Crippen LogP contribution in [0.15, 0.2) is 51.7 Å². The molecule has 8 heteroatoms. The maximum absolute atomic E-state index is 12.8. The topological polar surface area (TPSA) is 82.7 Å². The molecule has 2 aromatic carbocycles. The van der Waals surface area contributed by atoms with E-state index in [0.717, 1.165) is 4.47 Å². The van der Waals surface area contributed by atoms with E-state index in [1.165, 1.54) is 4.57 Å². The lowest BCUT2D eigenvalue weighted by atomic mass is 10.2. The van der Waals surface area contributed by atoms with Crippen LogP contribution in [0, 0.1) is 0 Å². The van der Waals surface area contributed by atoms with Crippen LogP contribution < -0.4 is 10.4 Å². The van der Waals surface area contributed by atoms with E-state index in [4.69, 9.17) is 9.47 Å². The van der Waals surface area contributed by atoms with E-state index in [2.05, 4.69) is 15.9 Å². The summed E-state index contributed by atoms with van der Waals surface area (Å²) in [5, 5.41) is 10.5. The van der Waals surface area contributed by atoms with Gasteiger partial charge in [-0.3, -0.25) is 9.13 Å². The van der Waals surface area contributed by atoms with Gasteiger partial charge in [0.15, 0.2) is 0 Å². The van der Waals surface area contributed by atoms with E-state index in [1.807, 2.05) is 19.1 Å². The molecule has 0 saturated carbocycles. The van der Waals surface area contributed by atoms with Crippen LogP contribution in [0.2, 0.25) is 0 Å². The fourth-order valence-electron chi connectivity index (χ4n) is 3.13. The van der Waals surface area contributed by atoms with Crippen molar-refractivity contribution in [3.05, 3.63) is 63.0 Å². The molecular formula is C21H23BrN2O5. The summed E-state index contributed by atoms with van der Waals surface area (Å²) in [6.07, 6.45) is -0.904. The maximum Gasteiger partial charge on any atom is 0.338 e. The fraction of sp³-hybridized carbons (Fsp3) is 0.333. The number of aryl methyl sites for hydroxylation is 1. The van der Waals surface area contributed by atoms with Gasteiger partial charge in [-0.15, -0.1) is 0 Å². The third-order valence-electron chi connectivity index (χ3n) is 4.50. The van der Waals surface area contributed by atoms with Crippen LogP contribution in [-0.4, -0.2) is 39.5 Å². The second kappa shape index (κ2) is 9.28. The van der Waals surface area contributed by atoms with Crippen LogP contribution in [0.3, 0.4) is 0 Å². The quantitative estimate of drug-likeness (QED) is 0.519. The van der Waals surface area contributed by atoms with E-state index < -0.39 is 12.1 Å². The summed E-state index contributed by atoms with van der Waals surface area (Å²) in [5.74, 6) is 0.178. The van der Waals surface area contributed by atoms with Gasteiger partial charge in [-0.2, -0.15) is 0 Å². The lowest BCUT2D eigenvalue weighted by molar-refractivity contribution is 0.0526. The first kappa shape index (κ1) is 21.1. The fourth-order valence-corrected chi connectivity index (χ4v) is 3.39. The zero-order valence-electron chi connectivity index (χ0n) is 16.3. The van der Waals surface area contributed by atoms with E-state index in [0.29, 0.717) is 28.9 Å². The number of imidazole rings is 1. The normalized spacial score (nSPS) is 12.1. The van der Waals surface area contributed by atoms with Crippen LogP contribution in [0.1, 0.15) is 24.2 Å². The lowest BCUT2D eigenvalue weighted by Crippen LogP contribution is -2.31. The van der Waals surface area contributed by atoms with Gasteiger partial charge >= 0.3 is 11.7 Å². The Morgan fingerprint density at radius 2 is 1.83 bits per heavy atom. The van der Waals surface area contributed by atoms with Gasteiger partial charge < -0.3 is 14.6 Å². The molecule has 3 rings (SSSR count). The van der Waals surface area contributed by atoms with Crippen molar-refractivity contribution in [2.75, 3.05) is 13.2 Å². The number of aromatic nitrogens is 2. The second-order valence-corrected chi connectivity index (χ2v) is 7.40. The van der Waals surface area contributed by atoms with Crippen LogP contribution in [0.5, 0.6) is 5.75 Å². The Labute approximate surface area is 176 Å². The number of hydrogen-bond donors (Lipinski definition) is 1. The summed E-state index contributed by atoms with van der Waals surface area (Å²) in [6, 6.07) is 12.3. The molecule has 0 bridgehead atoms. The van der Waals surface area contributed by atoms with Crippen molar-refractivity contribution in [3.63, 3.8) is 0 Å². The Balaban J connectivity index is 1.85. The van der Waals surface area contributed by atoms with Gasteiger partial charge in [-0.05, 0) is 56.3 Å². The minimum atomic E-state index is -0.904. The Hall–Kier alpha value is -2.58. The highest BCUT2D eigenvalue weighted by Crippen LogP contribution is 2.18. The highest BCUT2D eigenvalue weighted by molar-refractivity contribution is 9.10. The van der Waals surface area contributed by atoms with Gasteiger partial charge in [-0.1, -0.05) is 15.9 Å². The van der Waals surface area contributed by atoms with Crippen molar-refractivity contribution in [3.8, 4) is 5.75 Å². The van der Waals surface area contributed by atoms with Gasteiger partial charge in [0.2, 0.25) is 0 Å². The first-order valence-corrected chi connectivity index (χ1v) is 10.2. The molecule has 1 atom stereocenters. The number of ether oxygens (including phenoxy) is 2. The van der Waals surface area contributed by atoms with Gasteiger partial charge in [-0.25, -0.2) is 9.59 Å². The third kappa shape index (κ3) is 4.71. The number of rotatable bonds is 8. The number of halogens is 1. The number of esters is 1. The van der Waals surface area contributed by atoms with E-state index in [-0.39, 0.29) is 25.4 Å². The largest absolute Gasteiger partial charge is 0.491 e. The minimum Gasteiger partial charge on any atom is -0.491 e. The molecule has 3 aromatic rings. The van der Waals surface area contributed by atoms with Crippen molar-refractivity contribution in [1.29, 1.82) is 0 Å². The molecule has 0 aliphatic heterocycles. The molecule has 1 N–H and O–H groups in total. The van der Waals surface area contributed by atoms with Crippen LogP contribution in [0.4, 0.5) is 0 Å². The van der Waals surface area contributed by atoms with Gasteiger partial charge in [0, 0.05) is 11.0 Å². The van der Waals surface area contributed by atoms with Gasteiger partial charge in [0.25, 0.3) is 0 Å². The summed E-state index contributed by atoms with van der Waals surface area (Å²) >= 11 is 3.36. The summed E-state index contributed by atoms with van der Waals surface area (Å²) in [6.45, 7) is 4.44. The van der Waals surface area contributed by atoms with Crippen molar-refractivity contribution in [2.24, 2.45) is 0 Å². The Kier molecular flexibility index (Phi) is 6.76. The smallest absolute Gasteiger partial charge is 0.338 e. The number of aliphatic hydroxyl groups excluding tert-OH is 1. The molecule has 0 spiro atoms. The molecule has 1 heterocycles. The molecule has 0 unspecified atom stereocenters. The number of fused-ring (bicyclic) bond motifs is 1. The molecule has 154 valence electrons.